The van der Waals surface area contributed by atoms with E-state index in [9.17, 15) is 4.79 Å². The molecule has 2 aromatic rings. The first-order valence-corrected chi connectivity index (χ1v) is 6.43. The van der Waals surface area contributed by atoms with Crippen molar-refractivity contribution in [3.05, 3.63) is 41.9 Å². The van der Waals surface area contributed by atoms with Crippen molar-refractivity contribution < 1.29 is 9.90 Å². The Morgan fingerprint density at radius 1 is 1.32 bits per heavy atom. The zero-order valence-electron chi connectivity index (χ0n) is 11.3. The molecule has 0 bridgehead atoms. The Morgan fingerprint density at radius 2 is 2.00 bits per heavy atom. The Morgan fingerprint density at radius 3 is 2.58 bits per heavy atom. The van der Waals surface area contributed by atoms with Crippen molar-refractivity contribution in [1.82, 2.24) is 9.55 Å². The van der Waals surface area contributed by atoms with E-state index in [1.54, 1.807) is 0 Å². The van der Waals surface area contributed by atoms with Gasteiger partial charge in [-0.05, 0) is 12.0 Å². The summed E-state index contributed by atoms with van der Waals surface area (Å²) in [5.74, 6) is 0.00816. The molecule has 0 atom stereocenters. The van der Waals surface area contributed by atoms with Crippen LogP contribution in [0.5, 0.6) is 0 Å². The van der Waals surface area contributed by atoms with Gasteiger partial charge in [0, 0.05) is 25.2 Å². The summed E-state index contributed by atoms with van der Waals surface area (Å²) in [4.78, 5) is 15.1. The van der Waals surface area contributed by atoms with Gasteiger partial charge in [0.15, 0.2) is 0 Å². The molecule has 0 saturated heterocycles. The van der Waals surface area contributed by atoms with E-state index < -0.39 is 5.97 Å². The summed E-state index contributed by atoms with van der Waals surface area (Å²) in [6.45, 7) is 2.12. The summed E-state index contributed by atoms with van der Waals surface area (Å²) in [6.07, 6.45) is 3.53. The number of carbonyl (C=O) groups is 1. The quantitative estimate of drug-likeness (QED) is 0.897. The van der Waals surface area contributed by atoms with E-state index in [1.807, 2.05) is 17.8 Å². The molecule has 4 nitrogen and oxygen atoms in total. The van der Waals surface area contributed by atoms with Gasteiger partial charge in [0.1, 0.15) is 5.82 Å². The number of carboxylic acid groups (broad SMARTS) is 1. The minimum absolute atomic E-state index is 0.110. The molecular weight excluding hydrogens is 240 g/mol. The van der Waals surface area contributed by atoms with Gasteiger partial charge in [-0.1, -0.05) is 31.2 Å². The van der Waals surface area contributed by atoms with E-state index in [-0.39, 0.29) is 6.42 Å². The van der Waals surface area contributed by atoms with Gasteiger partial charge in [-0.25, -0.2) is 4.98 Å². The number of hydrogen-bond acceptors (Lipinski definition) is 2. The summed E-state index contributed by atoms with van der Waals surface area (Å²) < 4.78 is 1.89. The molecule has 2 rings (SSSR count). The van der Waals surface area contributed by atoms with Crippen molar-refractivity contribution in [2.24, 2.45) is 7.05 Å². The summed E-state index contributed by atoms with van der Waals surface area (Å²) in [5.41, 5.74) is 3.26. The molecule has 0 aliphatic heterocycles. The smallest absolute Gasteiger partial charge is 0.303 e. The summed E-state index contributed by atoms with van der Waals surface area (Å²) in [7, 11) is 1.90. The monoisotopic (exact) mass is 258 g/mol. The maximum Gasteiger partial charge on any atom is 0.303 e. The highest BCUT2D eigenvalue weighted by atomic mass is 16.4. The first-order valence-electron chi connectivity index (χ1n) is 6.43. The van der Waals surface area contributed by atoms with Crippen LogP contribution in [0.25, 0.3) is 11.3 Å². The van der Waals surface area contributed by atoms with Crippen LogP contribution in [0.4, 0.5) is 0 Å². The van der Waals surface area contributed by atoms with E-state index in [2.05, 4.69) is 36.2 Å². The van der Waals surface area contributed by atoms with Gasteiger partial charge in [0.05, 0.1) is 12.1 Å². The molecule has 0 amide bonds. The molecule has 1 aromatic carbocycles. The average Bonchev–Trinajstić information content (AvgIpc) is 2.78. The van der Waals surface area contributed by atoms with Gasteiger partial charge < -0.3 is 9.67 Å². The third-order valence-corrected chi connectivity index (χ3v) is 3.19. The third-order valence-electron chi connectivity index (χ3n) is 3.19. The highest BCUT2D eigenvalue weighted by Gasteiger charge is 2.08. The van der Waals surface area contributed by atoms with Crippen LogP contribution in [0.1, 0.15) is 24.7 Å². The zero-order valence-corrected chi connectivity index (χ0v) is 11.3. The van der Waals surface area contributed by atoms with Gasteiger partial charge in [0.2, 0.25) is 0 Å². The SMILES string of the molecule is CCc1ccc(-c2cn(C)c(CCC(=O)O)n2)cc1. The van der Waals surface area contributed by atoms with E-state index in [0.717, 1.165) is 23.5 Å². The van der Waals surface area contributed by atoms with Crippen molar-refractivity contribution in [3.8, 4) is 11.3 Å². The second-order valence-electron chi connectivity index (χ2n) is 4.60. The molecule has 4 heteroatoms. The van der Waals surface area contributed by atoms with E-state index >= 15 is 0 Å². The van der Waals surface area contributed by atoms with Crippen LogP contribution in [-0.2, 0) is 24.7 Å². The Bertz CT molecular complexity index is 570. The molecule has 0 unspecified atom stereocenters. The molecule has 0 radical (unpaired) electrons. The number of aryl methyl sites for hydroxylation is 3. The Hall–Kier alpha value is -2.10. The van der Waals surface area contributed by atoms with Crippen LogP contribution in [0.3, 0.4) is 0 Å². The van der Waals surface area contributed by atoms with Gasteiger partial charge >= 0.3 is 5.97 Å². The van der Waals surface area contributed by atoms with Gasteiger partial charge in [0.25, 0.3) is 0 Å². The first-order chi connectivity index (χ1) is 9.10. The molecule has 0 fully saturated rings. The normalized spacial score (nSPS) is 10.6. The maximum atomic E-state index is 10.6. The van der Waals surface area contributed by atoms with Crippen molar-refractivity contribution in [1.29, 1.82) is 0 Å². The minimum atomic E-state index is -0.795. The van der Waals surface area contributed by atoms with Gasteiger partial charge in [-0.15, -0.1) is 0 Å². The lowest BCUT2D eigenvalue weighted by Gasteiger charge is -1.99. The third kappa shape index (κ3) is 3.22. The lowest BCUT2D eigenvalue weighted by atomic mass is 10.1. The lowest BCUT2D eigenvalue weighted by molar-refractivity contribution is -0.137. The van der Waals surface area contributed by atoms with Crippen molar-refractivity contribution in [3.63, 3.8) is 0 Å². The van der Waals surface area contributed by atoms with E-state index in [1.165, 1.54) is 5.56 Å². The summed E-state index contributed by atoms with van der Waals surface area (Å²) in [6, 6.07) is 8.31. The van der Waals surface area contributed by atoms with Crippen molar-refractivity contribution >= 4 is 5.97 Å². The first kappa shape index (κ1) is 13.3. The number of carboxylic acids is 1. The minimum Gasteiger partial charge on any atom is -0.481 e. The topological polar surface area (TPSA) is 55.1 Å². The molecule has 0 saturated carbocycles. The van der Waals surface area contributed by atoms with Crippen molar-refractivity contribution in [2.75, 3.05) is 0 Å². The fraction of sp³-hybridized carbons (Fsp3) is 0.333. The Labute approximate surface area is 112 Å². The number of rotatable bonds is 5. The van der Waals surface area contributed by atoms with Crippen LogP contribution >= 0.6 is 0 Å². The molecule has 1 aromatic heterocycles. The molecule has 1 N–H and O–H groups in total. The molecule has 1 heterocycles. The number of nitrogens with zero attached hydrogens (tertiary/aromatic N) is 2. The Balaban J connectivity index is 2.20. The predicted molar refractivity (Wildman–Crippen MR) is 74.0 cm³/mol. The molecule has 0 aliphatic carbocycles. The number of aromatic nitrogens is 2. The zero-order chi connectivity index (χ0) is 13.8. The van der Waals surface area contributed by atoms with Gasteiger partial charge in [-0.3, -0.25) is 4.79 Å². The summed E-state index contributed by atoms with van der Waals surface area (Å²) in [5, 5.41) is 8.71. The average molecular weight is 258 g/mol. The highest BCUT2D eigenvalue weighted by molar-refractivity contribution is 5.67. The second kappa shape index (κ2) is 5.69. The molecular formula is C15H18N2O2. The number of benzene rings is 1. The largest absolute Gasteiger partial charge is 0.481 e. The van der Waals surface area contributed by atoms with Crippen LogP contribution < -0.4 is 0 Å². The molecule has 0 aliphatic rings. The van der Waals surface area contributed by atoms with Crippen LogP contribution in [0.2, 0.25) is 0 Å². The predicted octanol–water partition coefficient (Wildman–Crippen LogP) is 2.67. The van der Waals surface area contributed by atoms with E-state index in [4.69, 9.17) is 5.11 Å². The standard InChI is InChI=1S/C15H18N2O2/c1-3-11-4-6-12(7-5-11)13-10-17(2)14(16-13)8-9-15(18)19/h4-7,10H,3,8-9H2,1-2H3,(H,18,19). The maximum absolute atomic E-state index is 10.6. The number of aliphatic carboxylic acids is 1. The summed E-state index contributed by atoms with van der Waals surface area (Å²) >= 11 is 0. The molecule has 100 valence electrons. The fourth-order valence-corrected chi connectivity index (χ4v) is 2.01. The lowest BCUT2D eigenvalue weighted by Crippen LogP contribution is -2.02. The fourth-order valence-electron chi connectivity index (χ4n) is 2.01. The highest BCUT2D eigenvalue weighted by Crippen LogP contribution is 2.19. The second-order valence-corrected chi connectivity index (χ2v) is 4.60. The van der Waals surface area contributed by atoms with Crippen LogP contribution in [0.15, 0.2) is 30.5 Å². The van der Waals surface area contributed by atoms with Crippen LogP contribution in [-0.4, -0.2) is 20.6 Å². The van der Waals surface area contributed by atoms with E-state index in [0.29, 0.717) is 6.42 Å². The van der Waals surface area contributed by atoms with Gasteiger partial charge in [-0.2, -0.15) is 0 Å². The van der Waals surface area contributed by atoms with Crippen LogP contribution in [0, 0.1) is 0 Å². The Kier molecular flexibility index (Phi) is 4.00. The molecule has 19 heavy (non-hydrogen) atoms. The molecule has 0 spiro atoms. The number of hydrogen-bond donors (Lipinski definition) is 1. The van der Waals surface area contributed by atoms with Crippen molar-refractivity contribution in [2.45, 2.75) is 26.2 Å². The number of imidazole rings is 1.